The Morgan fingerprint density at radius 2 is 1.96 bits per heavy atom. The smallest absolute Gasteiger partial charge is 0.288 e. The van der Waals surface area contributed by atoms with Crippen LogP contribution in [0, 0.1) is 11.3 Å². The zero-order valence-corrected chi connectivity index (χ0v) is 15.7. The van der Waals surface area contributed by atoms with Gasteiger partial charge in [0.2, 0.25) is 0 Å². The van der Waals surface area contributed by atoms with Crippen LogP contribution in [0.2, 0.25) is 0 Å². The van der Waals surface area contributed by atoms with E-state index >= 15 is 0 Å². The molecule has 1 aromatic carbocycles. The van der Waals surface area contributed by atoms with Gasteiger partial charge in [-0.15, -0.1) is 0 Å². The van der Waals surface area contributed by atoms with Crippen molar-refractivity contribution in [2.75, 3.05) is 5.32 Å². The number of hydrogen-bond acceptors (Lipinski definition) is 3. The van der Waals surface area contributed by atoms with E-state index in [0.717, 1.165) is 17.8 Å². The van der Waals surface area contributed by atoms with Crippen molar-refractivity contribution < 1.29 is 8.78 Å². The highest BCUT2D eigenvalue weighted by molar-refractivity contribution is 7.99. The first kappa shape index (κ1) is 19.0. The highest BCUT2D eigenvalue weighted by Gasteiger charge is 2.25. The van der Waals surface area contributed by atoms with Crippen LogP contribution in [-0.2, 0) is 0 Å². The maximum absolute atomic E-state index is 12.3. The van der Waals surface area contributed by atoms with E-state index < -0.39 is 5.76 Å². The summed E-state index contributed by atoms with van der Waals surface area (Å²) in [5.74, 6) is -1.79. The van der Waals surface area contributed by atoms with Gasteiger partial charge >= 0.3 is 0 Å². The molecule has 0 fully saturated rings. The van der Waals surface area contributed by atoms with Gasteiger partial charge in [-0.2, -0.15) is 8.78 Å². The molecular weight excluding hydrogens is 348 g/mol. The average Bonchev–Trinajstić information content (AvgIpc) is 2.45. The molecule has 0 bridgehead atoms. The van der Waals surface area contributed by atoms with Gasteiger partial charge in [-0.05, 0) is 60.7 Å². The molecule has 1 aliphatic rings. The highest BCUT2D eigenvalue weighted by atomic mass is 32.2. The second-order valence-corrected chi connectivity index (χ2v) is 8.25. The van der Waals surface area contributed by atoms with Crippen LogP contribution in [-0.4, -0.2) is 10.9 Å². The molecule has 0 heterocycles. The number of hydrazine groups is 1. The maximum Gasteiger partial charge on any atom is 0.288 e. The predicted octanol–water partition coefficient (Wildman–Crippen LogP) is 5.13. The van der Waals surface area contributed by atoms with Gasteiger partial charge in [-0.25, -0.2) is 0 Å². The van der Waals surface area contributed by atoms with E-state index in [-0.39, 0.29) is 5.41 Å². The van der Waals surface area contributed by atoms with E-state index in [1.165, 1.54) is 6.42 Å². The van der Waals surface area contributed by atoms with E-state index in [2.05, 4.69) is 43.0 Å². The summed E-state index contributed by atoms with van der Waals surface area (Å²) in [7, 11) is 0. The molecular formula is C17H23F2N3S2. The fourth-order valence-corrected chi connectivity index (χ4v) is 3.71. The summed E-state index contributed by atoms with van der Waals surface area (Å²) >= 11 is 5.78. The lowest BCUT2D eigenvalue weighted by Crippen LogP contribution is -2.41. The summed E-state index contributed by atoms with van der Waals surface area (Å²) < 4.78 is 24.6. The molecule has 3 N–H and O–H groups in total. The quantitative estimate of drug-likeness (QED) is 0.380. The van der Waals surface area contributed by atoms with E-state index in [1.54, 1.807) is 24.3 Å². The van der Waals surface area contributed by atoms with Crippen molar-refractivity contribution in [1.82, 2.24) is 10.9 Å². The first-order valence-corrected chi connectivity index (χ1v) is 9.12. The standard InChI is InChI=1S/C17H23F2N3S2/c1-11-8-13(10-17(2,3)9-11)21-22-16(23)20-12-4-6-14(7-5-12)24-15(18)19/h4-7,10-11,15,21H,8-9H2,1-3H3,(H2,20,22,23)/t11-/m1/s1. The zero-order valence-electron chi connectivity index (χ0n) is 14.0. The molecule has 24 heavy (non-hydrogen) atoms. The number of benzene rings is 1. The number of thiocarbonyl (C=S) groups is 1. The van der Waals surface area contributed by atoms with Gasteiger partial charge in [0.05, 0.1) is 0 Å². The molecule has 3 nitrogen and oxygen atoms in total. The van der Waals surface area contributed by atoms with Crippen LogP contribution >= 0.6 is 24.0 Å². The lowest BCUT2D eigenvalue weighted by Gasteiger charge is -2.32. The van der Waals surface area contributed by atoms with Crippen LogP contribution in [0.4, 0.5) is 14.5 Å². The van der Waals surface area contributed by atoms with Crippen LogP contribution in [0.15, 0.2) is 40.9 Å². The van der Waals surface area contributed by atoms with Crippen molar-refractivity contribution in [2.45, 2.75) is 44.3 Å². The van der Waals surface area contributed by atoms with E-state index in [4.69, 9.17) is 12.2 Å². The molecule has 0 aliphatic heterocycles. The Balaban J connectivity index is 1.84. The van der Waals surface area contributed by atoms with Gasteiger partial charge in [0.25, 0.3) is 5.76 Å². The lowest BCUT2D eigenvalue weighted by molar-refractivity contribution is 0.252. The van der Waals surface area contributed by atoms with Crippen LogP contribution in [0.1, 0.15) is 33.6 Å². The first-order chi connectivity index (χ1) is 11.2. The Morgan fingerprint density at radius 1 is 1.29 bits per heavy atom. The highest BCUT2D eigenvalue weighted by Crippen LogP contribution is 2.35. The maximum atomic E-state index is 12.3. The average molecular weight is 372 g/mol. The number of nitrogens with one attached hydrogen (secondary N) is 3. The molecule has 1 aliphatic carbocycles. The van der Waals surface area contributed by atoms with E-state index in [1.807, 2.05) is 0 Å². The van der Waals surface area contributed by atoms with Crippen molar-refractivity contribution in [1.29, 1.82) is 0 Å². The van der Waals surface area contributed by atoms with Crippen molar-refractivity contribution in [3.05, 3.63) is 36.0 Å². The molecule has 0 radical (unpaired) electrons. The molecule has 1 aromatic rings. The van der Waals surface area contributed by atoms with Crippen LogP contribution < -0.4 is 16.2 Å². The number of hydrogen-bond donors (Lipinski definition) is 3. The zero-order chi connectivity index (χ0) is 17.7. The van der Waals surface area contributed by atoms with Crippen molar-refractivity contribution >= 4 is 34.8 Å². The predicted molar refractivity (Wildman–Crippen MR) is 101 cm³/mol. The van der Waals surface area contributed by atoms with Crippen LogP contribution in [0.5, 0.6) is 0 Å². The number of halogens is 2. The van der Waals surface area contributed by atoms with Gasteiger partial charge < -0.3 is 10.7 Å². The third-order valence-electron chi connectivity index (χ3n) is 3.68. The minimum absolute atomic E-state index is 0.176. The minimum Gasteiger partial charge on any atom is -0.331 e. The Bertz CT molecular complexity index is 600. The third kappa shape index (κ3) is 6.28. The number of allylic oxidation sites excluding steroid dienone is 2. The Hall–Kier alpha value is -1.34. The third-order valence-corrected chi connectivity index (χ3v) is 4.61. The summed E-state index contributed by atoms with van der Waals surface area (Å²) in [6, 6.07) is 6.74. The van der Waals surface area contributed by atoms with Crippen molar-refractivity contribution in [3.63, 3.8) is 0 Å². The Kier molecular flexibility index (Phi) is 6.46. The summed E-state index contributed by atoms with van der Waals surface area (Å²) in [6.07, 6.45) is 4.39. The summed E-state index contributed by atoms with van der Waals surface area (Å²) in [5.41, 5.74) is 8.21. The largest absolute Gasteiger partial charge is 0.331 e. The van der Waals surface area contributed by atoms with Crippen LogP contribution in [0.3, 0.4) is 0 Å². The summed E-state index contributed by atoms with van der Waals surface area (Å²) in [5, 5.41) is 3.46. The van der Waals surface area contributed by atoms with Gasteiger partial charge in [-0.3, -0.25) is 5.43 Å². The van der Waals surface area contributed by atoms with Crippen molar-refractivity contribution in [2.24, 2.45) is 11.3 Å². The fraction of sp³-hybridized carbons (Fsp3) is 0.471. The molecule has 0 aromatic heterocycles. The first-order valence-electron chi connectivity index (χ1n) is 7.83. The molecule has 0 unspecified atom stereocenters. The van der Waals surface area contributed by atoms with E-state index in [0.29, 0.717) is 27.7 Å². The van der Waals surface area contributed by atoms with E-state index in [9.17, 15) is 8.78 Å². The monoisotopic (exact) mass is 371 g/mol. The molecule has 0 amide bonds. The Morgan fingerprint density at radius 3 is 2.54 bits per heavy atom. The SMILES string of the molecule is C[C@@H]1CC(NNC(=S)Nc2ccc(SC(F)F)cc2)=CC(C)(C)C1. The minimum atomic E-state index is -2.41. The topological polar surface area (TPSA) is 36.1 Å². The van der Waals surface area contributed by atoms with Gasteiger partial charge in [0, 0.05) is 16.3 Å². The normalized spacial score (nSPS) is 19.6. The van der Waals surface area contributed by atoms with Gasteiger partial charge in [0.15, 0.2) is 5.11 Å². The van der Waals surface area contributed by atoms with Crippen molar-refractivity contribution in [3.8, 4) is 0 Å². The fourth-order valence-electron chi connectivity index (χ4n) is 3.04. The van der Waals surface area contributed by atoms with Gasteiger partial charge in [0.1, 0.15) is 0 Å². The summed E-state index contributed by atoms with van der Waals surface area (Å²) in [6.45, 7) is 6.69. The number of alkyl halides is 2. The number of thioether (sulfide) groups is 1. The van der Waals surface area contributed by atoms with Crippen LogP contribution in [0.25, 0.3) is 0 Å². The molecule has 0 spiro atoms. The second-order valence-electron chi connectivity index (χ2n) is 6.78. The molecule has 7 heteroatoms. The molecule has 1 atom stereocenters. The lowest BCUT2D eigenvalue weighted by atomic mass is 9.76. The molecule has 0 saturated heterocycles. The molecule has 132 valence electrons. The number of rotatable bonds is 5. The number of anilines is 1. The molecule has 2 rings (SSSR count). The summed E-state index contributed by atoms with van der Waals surface area (Å²) in [4.78, 5) is 0.524. The Labute approximate surface area is 151 Å². The van der Waals surface area contributed by atoms with Gasteiger partial charge in [-0.1, -0.05) is 38.6 Å². The molecule has 0 saturated carbocycles. The second kappa shape index (κ2) is 8.16.